The Balaban J connectivity index is 1.77. The van der Waals surface area contributed by atoms with Gasteiger partial charge in [0.15, 0.2) is 0 Å². The van der Waals surface area contributed by atoms with E-state index in [4.69, 9.17) is 0 Å². The van der Waals surface area contributed by atoms with E-state index in [2.05, 4.69) is 5.32 Å². The minimum atomic E-state index is -0.0365. The van der Waals surface area contributed by atoms with Crippen molar-refractivity contribution in [2.75, 3.05) is 0 Å². The third-order valence-corrected chi connectivity index (χ3v) is 3.46. The molecular formula is C12H14FN. The first-order valence-electron chi connectivity index (χ1n) is 5.38. The minimum absolute atomic E-state index is 0.0365. The molecule has 2 aliphatic rings. The average Bonchev–Trinajstić information content (AvgIpc) is 2.03. The highest BCUT2D eigenvalue weighted by Gasteiger charge is 2.32. The monoisotopic (exact) mass is 191 g/mol. The van der Waals surface area contributed by atoms with Crippen molar-refractivity contribution in [1.29, 1.82) is 0 Å². The lowest BCUT2D eigenvalue weighted by Gasteiger charge is -2.37. The summed E-state index contributed by atoms with van der Waals surface area (Å²) in [5.74, 6) is -0.0365. The van der Waals surface area contributed by atoms with E-state index in [0.717, 1.165) is 12.0 Å². The summed E-state index contributed by atoms with van der Waals surface area (Å²) in [5, 5.41) is 3.51. The zero-order valence-electron chi connectivity index (χ0n) is 8.09. The van der Waals surface area contributed by atoms with Crippen LogP contribution in [0.5, 0.6) is 0 Å². The van der Waals surface area contributed by atoms with Crippen molar-refractivity contribution in [2.24, 2.45) is 0 Å². The summed E-state index contributed by atoms with van der Waals surface area (Å²) in [6.45, 7) is 0. The zero-order valence-corrected chi connectivity index (χ0v) is 8.09. The number of fused-ring (bicyclic) bond motifs is 1. The predicted octanol–water partition coefficient (Wildman–Crippen LogP) is 2.57. The Kier molecular flexibility index (Phi) is 1.84. The lowest BCUT2D eigenvalue weighted by atomic mass is 9.81. The molecule has 0 heterocycles. The quantitative estimate of drug-likeness (QED) is 0.757. The van der Waals surface area contributed by atoms with E-state index >= 15 is 0 Å². The van der Waals surface area contributed by atoms with Crippen molar-refractivity contribution >= 4 is 0 Å². The van der Waals surface area contributed by atoms with Crippen molar-refractivity contribution in [3.8, 4) is 0 Å². The van der Waals surface area contributed by atoms with Gasteiger partial charge in [-0.3, -0.25) is 0 Å². The van der Waals surface area contributed by atoms with E-state index in [9.17, 15) is 4.39 Å². The number of nitrogens with one attached hydrogen (secondary N) is 1. The second-order valence-electron chi connectivity index (χ2n) is 4.36. The lowest BCUT2D eigenvalue weighted by Crippen LogP contribution is -2.42. The van der Waals surface area contributed by atoms with Gasteiger partial charge in [0.2, 0.25) is 0 Å². The van der Waals surface area contributed by atoms with Gasteiger partial charge in [0.05, 0.1) is 0 Å². The molecule has 1 atom stereocenters. The topological polar surface area (TPSA) is 12.0 Å². The number of hydrogen-bond acceptors (Lipinski definition) is 1. The molecular weight excluding hydrogens is 177 g/mol. The van der Waals surface area contributed by atoms with E-state index in [-0.39, 0.29) is 11.9 Å². The Hall–Kier alpha value is -0.890. The maximum absolute atomic E-state index is 13.4. The Morgan fingerprint density at radius 2 is 2.14 bits per heavy atom. The van der Waals surface area contributed by atoms with Crippen LogP contribution in [0.3, 0.4) is 0 Å². The number of hydrogen-bond donors (Lipinski definition) is 1. The summed E-state index contributed by atoms with van der Waals surface area (Å²) in [4.78, 5) is 0. The SMILES string of the molecule is Fc1cccc2c1C(NC1CCC1)C2. The summed E-state index contributed by atoms with van der Waals surface area (Å²) in [6, 6.07) is 6.32. The van der Waals surface area contributed by atoms with Crippen LogP contribution in [0.4, 0.5) is 4.39 Å². The Morgan fingerprint density at radius 1 is 1.29 bits per heavy atom. The fourth-order valence-corrected chi connectivity index (χ4v) is 2.34. The molecule has 1 fully saturated rings. The maximum atomic E-state index is 13.4. The largest absolute Gasteiger partial charge is 0.307 e. The number of halogens is 1. The second kappa shape index (κ2) is 3.06. The van der Waals surface area contributed by atoms with Gasteiger partial charge in [0.1, 0.15) is 5.82 Å². The molecule has 2 aliphatic carbocycles. The van der Waals surface area contributed by atoms with E-state index in [1.807, 2.05) is 6.07 Å². The van der Waals surface area contributed by atoms with Crippen molar-refractivity contribution in [3.63, 3.8) is 0 Å². The Bertz CT molecular complexity index is 343. The summed E-state index contributed by atoms with van der Waals surface area (Å²) in [7, 11) is 0. The molecule has 1 unspecified atom stereocenters. The molecule has 14 heavy (non-hydrogen) atoms. The third-order valence-electron chi connectivity index (χ3n) is 3.46. The molecule has 0 aliphatic heterocycles. The van der Waals surface area contributed by atoms with E-state index < -0.39 is 0 Å². The summed E-state index contributed by atoms with van der Waals surface area (Å²) >= 11 is 0. The molecule has 1 N–H and O–H groups in total. The van der Waals surface area contributed by atoms with Crippen LogP contribution in [0, 0.1) is 5.82 Å². The molecule has 0 saturated heterocycles. The first-order chi connectivity index (χ1) is 6.84. The van der Waals surface area contributed by atoms with E-state index in [0.29, 0.717) is 6.04 Å². The van der Waals surface area contributed by atoms with E-state index in [1.54, 1.807) is 12.1 Å². The molecule has 3 rings (SSSR count). The van der Waals surface area contributed by atoms with Crippen LogP contribution in [-0.4, -0.2) is 6.04 Å². The molecule has 0 spiro atoms. The highest BCUT2D eigenvalue weighted by Crippen LogP contribution is 2.36. The molecule has 1 saturated carbocycles. The number of benzene rings is 1. The van der Waals surface area contributed by atoms with Gasteiger partial charge in [-0.15, -0.1) is 0 Å². The fourth-order valence-electron chi connectivity index (χ4n) is 2.34. The van der Waals surface area contributed by atoms with Gasteiger partial charge in [0, 0.05) is 17.6 Å². The van der Waals surface area contributed by atoms with Crippen LogP contribution < -0.4 is 5.32 Å². The van der Waals surface area contributed by atoms with Gasteiger partial charge in [-0.05, 0) is 30.9 Å². The van der Waals surface area contributed by atoms with Gasteiger partial charge < -0.3 is 5.32 Å². The first kappa shape index (κ1) is 8.42. The fraction of sp³-hybridized carbons (Fsp3) is 0.500. The first-order valence-corrected chi connectivity index (χ1v) is 5.38. The average molecular weight is 191 g/mol. The summed E-state index contributed by atoms with van der Waals surface area (Å²) in [6.07, 6.45) is 4.86. The van der Waals surface area contributed by atoms with Gasteiger partial charge in [-0.2, -0.15) is 0 Å². The van der Waals surface area contributed by atoms with Gasteiger partial charge in [-0.25, -0.2) is 4.39 Å². The lowest BCUT2D eigenvalue weighted by molar-refractivity contribution is 0.287. The Morgan fingerprint density at radius 3 is 2.79 bits per heavy atom. The summed E-state index contributed by atoms with van der Waals surface area (Å²) in [5.41, 5.74) is 2.10. The third kappa shape index (κ3) is 1.17. The van der Waals surface area contributed by atoms with Crippen LogP contribution in [0.15, 0.2) is 18.2 Å². The smallest absolute Gasteiger partial charge is 0.128 e. The normalized spacial score (nSPS) is 25.1. The van der Waals surface area contributed by atoms with Crippen LogP contribution >= 0.6 is 0 Å². The van der Waals surface area contributed by atoms with Crippen LogP contribution in [0.1, 0.15) is 36.4 Å². The maximum Gasteiger partial charge on any atom is 0.128 e. The van der Waals surface area contributed by atoms with Crippen LogP contribution in [0.2, 0.25) is 0 Å². The molecule has 0 bridgehead atoms. The number of rotatable bonds is 2. The van der Waals surface area contributed by atoms with Crippen molar-refractivity contribution in [1.82, 2.24) is 5.32 Å². The molecule has 0 aromatic heterocycles. The van der Waals surface area contributed by atoms with Crippen LogP contribution in [0.25, 0.3) is 0 Å². The molecule has 2 heteroatoms. The standard InChI is InChI=1S/C12H14FN/c13-10-6-1-3-8-7-11(12(8)10)14-9-4-2-5-9/h1,3,6,9,11,14H,2,4-5,7H2. The van der Waals surface area contributed by atoms with Crippen molar-refractivity contribution < 1.29 is 4.39 Å². The van der Waals surface area contributed by atoms with Gasteiger partial charge >= 0.3 is 0 Å². The molecule has 1 aromatic rings. The van der Waals surface area contributed by atoms with Gasteiger partial charge in [-0.1, -0.05) is 18.6 Å². The molecule has 0 amide bonds. The van der Waals surface area contributed by atoms with Crippen molar-refractivity contribution in [2.45, 2.75) is 37.8 Å². The predicted molar refractivity (Wildman–Crippen MR) is 53.6 cm³/mol. The highest BCUT2D eigenvalue weighted by atomic mass is 19.1. The molecule has 0 radical (unpaired) electrons. The van der Waals surface area contributed by atoms with Gasteiger partial charge in [0.25, 0.3) is 0 Å². The summed E-state index contributed by atoms with van der Waals surface area (Å²) < 4.78 is 13.4. The highest BCUT2D eigenvalue weighted by molar-refractivity contribution is 5.40. The minimum Gasteiger partial charge on any atom is -0.307 e. The molecule has 74 valence electrons. The second-order valence-corrected chi connectivity index (χ2v) is 4.36. The van der Waals surface area contributed by atoms with Crippen LogP contribution in [-0.2, 0) is 6.42 Å². The molecule has 1 nitrogen and oxygen atoms in total. The zero-order chi connectivity index (χ0) is 9.54. The molecule has 1 aromatic carbocycles. The van der Waals surface area contributed by atoms with Crippen molar-refractivity contribution in [3.05, 3.63) is 35.1 Å². The Labute approximate surface area is 83.3 Å². The van der Waals surface area contributed by atoms with E-state index in [1.165, 1.54) is 24.8 Å².